The quantitative estimate of drug-likeness (QED) is 0.136. The molecule has 1 fully saturated rings. The Hall–Kier alpha value is -2.32. The second-order valence-electron chi connectivity index (χ2n) is 9.73. The first-order chi connectivity index (χ1) is 19.5. The Morgan fingerprint density at radius 3 is 2.12 bits per heavy atom. The average molecular weight is 697 g/mol. The molecule has 10 nitrogen and oxygen atoms in total. The molecule has 0 saturated heterocycles. The number of halogens is 5. The van der Waals surface area contributed by atoms with Crippen molar-refractivity contribution in [2.45, 2.75) is 47.6 Å². The van der Waals surface area contributed by atoms with Crippen molar-refractivity contribution in [1.29, 1.82) is 0 Å². The van der Waals surface area contributed by atoms with Gasteiger partial charge in [-0.15, -0.1) is 0 Å². The van der Waals surface area contributed by atoms with E-state index in [1.807, 2.05) is 0 Å². The number of nitrogens with two attached hydrogens (primary N) is 2. The van der Waals surface area contributed by atoms with Gasteiger partial charge >= 0.3 is 6.18 Å². The van der Waals surface area contributed by atoms with Crippen molar-refractivity contribution in [2.24, 2.45) is 11.7 Å². The largest absolute Gasteiger partial charge is 0.748 e. The fraction of sp³-hybridized carbons (Fsp3) is 0.458. The highest BCUT2D eigenvalue weighted by atomic mass is 32.2. The Morgan fingerprint density at radius 2 is 1.63 bits per heavy atom. The van der Waals surface area contributed by atoms with E-state index in [0.29, 0.717) is 18.4 Å². The van der Waals surface area contributed by atoms with Gasteiger partial charge in [-0.3, -0.25) is 15.3 Å². The van der Waals surface area contributed by atoms with Crippen LogP contribution < -0.4 is 11.1 Å². The van der Waals surface area contributed by atoms with Crippen molar-refractivity contribution in [1.82, 2.24) is 0 Å². The molecule has 1 aliphatic carbocycles. The number of thioether (sulfide) groups is 1. The molecule has 242 valence electrons. The summed E-state index contributed by atoms with van der Waals surface area (Å²) in [5, 5.41) is 5.49. The highest BCUT2D eigenvalue weighted by Crippen LogP contribution is 2.51. The molecule has 0 amide bonds. The third-order valence-electron chi connectivity index (χ3n) is 6.43. The van der Waals surface area contributed by atoms with E-state index >= 15 is 4.39 Å². The van der Waals surface area contributed by atoms with Crippen LogP contribution in [0.2, 0.25) is 0 Å². The topological polar surface area (TPSA) is 186 Å². The van der Waals surface area contributed by atoms with Gasteiger partial charge in [0, 0.05) is 17.6 Å². The summed E-state index contributed by atoms with van der Waals surface area (Å²) in [6.07, 6.45) is -5.10. The molecule has 1 aliphatic rings. The van der Waals surface area contributed by atoms with E-state index < -0.39 is 87.1 Å². The summed E-state index contributed by atoms with van der Waals surface area (Å²) >= 11 is 1.03. The standard InChI is InChI=1S/C23H25F5N2O5S3.CH4O3S/c1-37(31,32)35-20-8-10-22(13-14(20)9-11-36-21(29)30,18-12-16(24)4-7-19(18)25)38(33,34)17-5-2-15(3-6-17)23(26,27)28;1-5(2,3)4/h2-7,12,14,20H,8-11,13H2,1H3,(H3,29,30);1H3,(H,2,3,4)/t14-,20-,22-;/m1./s1. The minimum atomic E-state index is -4.72. The molecule has 0 aliphatic heterocycles. The Morgan fingerprint density at radius 1 is 1.07 bits per heavy atom. The van der Waals surface area contributed by atoms with E-state index in [4.69, 9.17) is 28.3 Å². The van der Waals surface area contributed by atoms with Crippen molar-refractivity contribution in [3.05, 3.63) is 65.2 Å². The van der Waals surface area contributed by atoms with Gasteiger partial charge in [0.1, 0.15) is 16.4 Å². The highest BCUT2D eigenvalue weighted by molar-refractivity contribution is 8.13. The molecule has 3 rings (SSSR count). The molecule has 43 heavy (non-hydrogen) atoms. The van der Waals surface area contributed by atoms with Gasteiger partial charge < -0.3 is 4.55 Å². The Bertz CT molecular complexity index is 1630. The molecule has 3 atom stereocenters. The van der Waals surface area contributed by atoms with E-state index in [2.05, 4.69) is 0 Å². The van der Waals surface area contributed by atoms with Crippen molar-refractivity contribution in [2.75, 3.05) is 18.3 Å². The molecule has 4 N–H and O–H groups in total. The normalized spacial score (nSPS) is 21.5. The lowest BCUT2D eigenvalue weighted by molar-refractivity contribution is -0.137. The zero-order valence-electron chi connectivity index (χ0n) is 22.7. The minimum Gasteiger partial charge on any atom is -0.748 e. The van der Waals surface area contributed by atoms with Crippen molar-refractivity contribution in [3.63, 3.8) is 0 Å². The zero-order chi connectivity index (χ0) is 33.0. The molecule has 0 unspecified atom stereocenters. The van der Waals surface area contributed by atoms with Crippen LogP contribution in [0.4, 0.5) is 22.0 Å². The maximum absolute atomic E-state index is 15.2. The van der Waals surface area contributed by atoms with Crippen molar-refractivity contribution >= 4 is 47.0 Å². The summed E-state index contributed by atoms with van der Waals surface area (Å²) < 4.78 is 151. The fourth-order valence-electron chi connectivity index (χ4n) is 4.76. The van der Waals surface area contributed by atoms with Crippen LogP contribution >= 0.6 is 11.8 Å². The lowest BCUT2D eigenvalue weighted by Gasteiger charge is -2.44. The number of sulfone groups is 1. The van der Waals surface area contributed by atoms with E-state index in [-0.39, 0.29) is 30.2 Å². The lowest BCUT2D eigenvalue weighted by atomic mass is 9.74. The van der Waals surface area contributed by atoms with Gasteiger partial charge in [0.2, 0.25) is 0 Å². The van der Waals surface area contributed by atoms with Gasteiger partial charge in [-0.25, -0.2) is 25.6 Å². The number of amidine groups is 1. The summed E-state index contributed by atoms with van der Waals surface area (Å²) in [5.41, 5.74) is 3.89. The first-order valence-corrected chi connectivity index (χ1v) is 18.2. The molecule has 0 bridgehead atoms. The third-order valence-corrected chi connectivity index (χ3v) is 10.3. The van der Waals surface area contributed by atoms with Crippen LogP contribution in [-0.4, -0.2) is 59.3 Å². The molecule has 0 spiro atoms. The van der Waals surface area contributed by atoms with Crippen LogP contribution in [-0.2, 0) is 45.2 Å². The van der Waals surface area contributed by atoms with E-state index in [0.717, 1.165) is 48.3 Å². The van der Waals surface area contributed by atoms with Gasteiger partial charge in [-0.2, -0.15) is 21.6 Å². The Balaban J connectivity index is 0.00000119. The summed E-state index contributed by atoms with van der Waals surface area (Å²) in [4.78, 5) is -0.524. The monoisotopic (exact) mass is 696 g/mol. The van der Waals surface area contributed by atoms with Gasteiger partial charge in [-0.05, 0) is 85.8 Å². The van der Waals surface area contributed by atoms with Crippen LogP contribution in [0.25, 0.3) is 0 Å². The molecule has 19 heteroatoms. The number of hydrogen-bond acceptors (Lipinski definition) is 9. The summed E-state index contributed by atoms with van der Waals surface area (Å²) in [7, 11) is -12.5. The number of rotatable bonds is 8. The maximum Gasteiger partial charge on any atom is 0.416 e. The lowest BCUT2D eigenvalue weighted by Crippen LogP contribution is -2.47. The van der Waals surface area contributed by atoms with Crippen LogP contribution in [0.5, 0.6) is 0 Å². The molecule has 0 heterocycles. The molecule has 0 aromatic heterocycles. The second-order valence-corrected chi connectivity index (χ2v) is 16.2. The van der Waals surface area contributed by atoms with E-state index in [1.165, 1.54) is 0 Å². The predicted octanol–water partition coefficient (Wildman–Crippen LogP) is 2.16. The Labute approximate surface area is 250 Å². The van der Waals surface area contributed by atoms with Gasteiger partial charge in [0.05, 0.1) is 32.9 Å². The first-order valence-electron chi connectivity index (χ1n) is 12.1. The summed E-state index contributed by atoms with van der Waals surface area (Å²) in [6.45, 7) is 0. The number of alkyl halides is 3. The zero-order valence-corrected chi connectivity index (χ0v) is 25.9. The number of hydrogen-bond donors (Lipinski definition) is 2. The molecular weight excluding hydrogens is 668 g/mol. The van der Waals surface area contributed by atoms with Gasteiger partial charge in [0.25, 0.3) is 15.3 Å². The summed E-state index contributed by atoms with van der Waals surface area (Å²) in [6, 6.07) is 5.04. The average Bonchev–Trinajstić information content (AvgIpc) is 2.84. The maximum atomic E-state index is 15.2. The fourth-order valence-corrected chi connectivity index (χ4v) is 8.33. The molecule has 1 saturated carbocycles. The Kier molecular flexibility index (Phi) is 11.8. The SMILES string of the molecule is CS(=O)(=O)O[C@@H]1CC[C@@](c2cc(F)ccc2F)(S(=O)(=O)c2ccc(C(F)(F)F)cc2)C[C@H]1CCSC(N)=[NH2+].CS(=O)(=O)[O-]. The highest BCUT2D eigenvalue weighted by Gasteiger charge is 2.53. The molecular formula is C24H29F5N2O8S4. The first kappa shape index (κ1) is 36.9. The second kappa shape index (κ2) is 13.8. The summed E-state index contributed by atoms with van der Waals surface area (Å²) in [5.74, 6) is -2.52. The third kappa shape index (κ3) is 10.4. The molecule has 0 radical (unpaired) electrons. The smallest absolute Gasteiger partial charge is 0.416 e. The minimum absolute atomic E-state index is 0.0150. The van der Waals surface area contributed by atoms with Crippen LogP contribution in [0.15, 0.2) is 47.4 Å². The van der Waals surface area contributed by atoms with Crippen LogP contribution in [0.1, 0.15) is 36.8 Å². The van der Waals surface area contributed by atoms with Crippen molar-refractivity contribution in [3.8, 4) is 0 Å². The van der Waals surface area contributed by atoms with Gasteiger partial charge in [-0.1, -0.05) is 0 Å². The van der Waals surface area contributed by atoms with E-state index in [9.17, 15) is 34.4 Å². The van der Waals surface area contributed by atoms with Gasteiger partial charge in [0.15, 0.2) is 9.84 Å². The van der Waals surface area contributed by atoms with E-state index in [1.54, 1.807) is 0 Å². The van der Waals surface area contributed by atoms with Crippen molar-refractivity contribution < 1.29 is 61.4 Å². The van der Waals surface area contributed by atoms with Crippen LogP contribution in [0, 0.1) is 17.6 Å². The predicted molar refractivity (Wildman–Crippen MR) is 148 cm³/mol. The van der Waals surface area contributed by atoms with Crippen LogP contribution in [0.3, 0.4) is 0 Å². The molecule has 2 aromatic rings. The number of benzene rings is 2. The molecule has 2 aromatic carbocycles.